The van der Waals surface area contributed by atoms with Gasteiger partial charge in [0.25, 0.3) is 5.91 Å². The van der Waals surface area contributed by atoms with Gasteiger partial charge in [0.15, 0.2) is 0 Å². The smallest absolute Gasteiger partial charge is 0.258 e. The van der Waals surface area contributed by atoms with Crippen LogP contribution in [-0.4, -0.2) is 29.4 Å². The van der Waals surface area contributed by atoms with Crippen molar-refractivity contribution < 1.29 is 9.53 Å². The molecule has 1 unspecified atom stereocenters. The molecule has 0 saturated carbocycles. The van der Waals surface area contributed by atoms with E-state index in [1.54, 1.807) is 13.3 Å². The number of para-hydroxylation sites is 1. The zero-order chi connectivity index (χ0) is 18.8. The predicted molar refractivity (Wildman–Crippen MR) is 105 cm³/mol. The van der Waals surface area contributed by atoms with Crippen molar-refractivity contribution in [1.82, 2.24) is 9.88 Å². The van der Waals surface area contributed by atoms with Crippen molar-refractivity contribution in [2.75, 3.05) is 13.7 Å². The molecule has 0 spiro atoms. The molecule has 2 aromatic carbocycles. The van der Waals surface area contributed by atoms with Gasteiger partial charge in [-0.25, -0.2) is 0 Å². The summed E-state index contributed by atoms with van der Waals surface area (Å²) >= 11 is 0. The van der Waals surface area contributed by atoms with Crippen LogP contribution in [0.3, 0.4) is 0 Å². The molecule has 4 nitrogen and oxygen atoms in total. The van der Waals surface area contributed by atoms with Crippen molar-refractivity contribution in [3.8, 4) is 5.75 Å². The summed E-state index contributed by atoms with van der Waals surface area (Å²) in [4.78, 5) is 19.7. The highest BCUT2D eigenvalue weighted by Crippen LogP contribution is 2.37. The molecule has 0 N–H and O–H groups in total. The maximum absolute atomic E-state index is 13.5. The van der Waals surface area contributed by atoms with Gasteiger partial charge in [-0.2, -0.15) is 0 Å². The van der Waals surface area contributed by atoms with Crippen LogP contribution < -0.4 is 4.74 Å². The number of methoxy groups -OCH3 is 1. The summed E-state index contributed by atoms with van der Waals surface area (Å²) in [5.41, 5.74) is 5.31. The Bertz CT molecular complexity index is 969. The van der Waals surface area contributed by atoms with Crippen LogP contribution >= 0.6 is 0 Å². The second-order valence-electron chi connectivity index (χ2n) is 6.84. The number of amides is 1. The lowest BCUT2D eigenvalue weighted by atomic mass is 9.87. The van der Waals surface area contributed by atoms with Crippen LogP contribution in [0.2, 0.25) is 0 Å². The van der Waals surface area contributed by atoms with Crippen LogP contribution in [0.25, 0.3) is 0 Å². The molecule has 1 atom stereocenters. The number of aryl methyl sites for hydroxylation is 1. The van der Waals surface area contributed by atoms with Gasteiger partial charge in [-0.15, -0.1) is 0 Å². The number of hydrogen-bond acceptors (Lipinski definition) is 3. The summed E-state index contributed by atoms with van der Waals surface area (Å²) in [5.74, 6) is 0.578. The summed E-state index contributed by atoms with van der Waals surface area (Å²) in [6.07, 6.45) is 4.45. The molecule has 3 aromatic rings. The minimum absolute atomic E-state index is 0.0208. The lowest BCUT2D eigenvalue weighted by Crippen LogP contribution is -2.40. The first-order chi connectivity index (χ1) is 13.2. The van der Waals surface area contributed by atoms with Crippen molar-refractivity contribution in [1.29, 1.82) is 0 Å². The third-order valence-corrected chi connectivity index (χ3v) is 5.13. The van der Waals surface area contributed by atoms with Crippen molar-refractivity contribution in [2.24, 2.45) is 0 Å². The molecule has 0 fully saturated rings. The summed E-state index contributed by atoms with van der Waals surface area (Å²) in [5, 5.41) is 0. The molecule has 1 aliphatic rings. The number of rotatable bonds is 3. The topological polar surface area (TPSA) is 42.4 Å². The Morgan fingerprint density at radius 2 is 2.00 bits per heavy atom. The van der Waals surface area contributed by atoms with E-state index in [9.17, 15) is 4.79 Å². The van der Waals surface area contributed by atoms with E-state index in [1.807, 2.05) is 47.5 Å². The normalized spacial score (nSPS) is 15.9. The Morgan fingerprint density at radius 3 is 2.78 bits per heavy atom. The number of carbonyl (C=O) groups excluding carboxylic acids is 1. The molecule has 0 saturated heterocycles. The van der Waals surface area contributed by atoms with E-state index in [1.165, 1.54) is 16.7 Å². The molecule has 136 valence electrons. The molecule has 4 heteroatoms. The van der Waals surface area contributed by atoms with Crippen molar-refractivity contribution in [3.63, 3.8) is 0 Å². The molecule has 1 aliphatic heterocycles. The van der Waals surface area contributed by atoms with Crippen LogP contribution in [0.5, 0.6) is 5.75 Å². The molecule has 1 amide bonds. The Labute approximate surface area is 159 Å². The SMILES string of the molecule is COc1ccccc1C(=O)N1CCc2cc(C)ccc2C1c1cccnc1. The van der Waals surface area contributed by atoms with Gasteiger partial charge in [-0.05, 0) is 48.2 Å². The maximum Gasteiger partial charge on any atom is 0.258 e. The molecule has 27 heavy (non-hydrogen) atoms. The van der Waals surface area contributed by atoms with E-state index >= 15 is 0 Å². The van der Waals surface area contributed by atoms with Gasteiger partial charge >= 0.3 is 0 Å². The van der Waals surface area contributed by atoms with Gasteiger partial charge < -0.3 is 9.64 Å². The first-order valence-electron chi connectivity index (χ1n) is 9.12. The standard InChI is InChI=1S/C23H22N2O2/c1-16-9-10-19-17(14-16)11-13-25(22(19)18-6-5-12-24-15-18)23(26)20-7-3-4-8-21(20)27-2/h3-10,12,14-15,22H,11,13H2,1-2H3. The summed E-state index contributed by atoms with van der Waals surface area (Å²) in [6.45, 7) is 2.76. The fourth-order valence-electron chi connectivity index (χ4n) is 3.85. The second-order valence-corrected chi connectivity index (χ2v) is 6.84. The second kappa shape index (κ2) is 7.23. The van der Waals surface area contributed by atoms with E-state index in [0.717, 1.165) is 12.0 Å². The number of pyridine rings is 1. The quantitative estimate of drug-likeness (QED) is 0.705. The molecule has 0 aliphatic carbocycles. The number of fused-ring (bicyclic) bond motifs is 1. The maximum atomic E-state index is 13.5. The summed E-state index contributed by atoms with van der Waals surface area (Å²) < 4.78 is 5.42. The predicted octanol–water partition coefficient (Wildman–Crippen LogP) is 4.19. The number of benzene rings is 2. The number of aromatic nitrogens is 1. The Kier molecular flexibility index (Phi) is 4.63. The van der Waals surface area contributed by atoms with Crippen LogP contribution in [0.4, 0.5) is 0 Å². The first kappa shape index (κ1) is 17.3. The van der Waals surface area contributed by atoms with E-state index < -0.39 is 0 Å². The molecule has 4 rings (SSSR count). The third kappa shape index (κ3) is 3.19. The Hall–Kier alpha value is -3.14. The highest BCUT2D eigenvalue weighted by molar-refractivity contribution is 5.97. The molecule has 0 bridgehead atoms. The van der Waals surface area contributed by atoms with Gasteiger partial charge in [0, 0.05) is 18.9 Å². The van der Waals surface area contributed by atoms with E-state index in [-0.39, 0.29) is 11.9 Å². The van der Waals surface area contributed by atoms with E-state index in [4.69, 9.17) is 4.74 Å². The van der Waals surface area contributed by atoms with Crippen LogP contribution in [-0.2, 0) is 6.42 Å². The highest BCUT2D eigenvalue weighted by atomic mass is 16.5. The zero-order valence-corrected chi connectivity index (χ0v) is 15.6. The monoisotopic (exact) mass is 358 g/mol. The van der Waals surface area contributed by atoms with E-state index in [2.05, 4.69) is 30.1 Å². The summed E-state index contributed by atoms with van der Waals surface area (Å²) in [7, 11) is 1.60. The van der Waals surface area contributed by atoms with Gasteiger partial charge in [-0.1, -0.05) is 42.0 Å². The van der Waals surface area contributed by atoms with Crippen molar-refractivity contribution >= 4 is 5.91 Å². The number of hydrogen-bond donors (Lipinski definition) is 0. The largest absolute Gasteiger partial charge is 0.496 e. The zero-order valence-electron chi connectivity index (χ0n) is 15.6. The first-order valence-corrected chi connectivity index (χ1v) is 9.12. The molecular formula is C23H22N2O2. The average Bonchev–Trinajstić information content (AvgIpc) is 2.72. The van der Waals surface area contributed by atoms with Crippen molar-refractivity contribution in [2.45, 2.75) is 19.4 Å². The minimum atomic E-state index is -0.152. The Morgan fingerprint density at radius 1 is 1.15 bits per heavy atom. The lowest BCUT2D eigenvalue weighted by Gasteiger charge is -2.38. The molecule has 2 heterocycles. The lowest BCUT2D eigenvalue weighted by molar-refractivity contribution is 0.0691. The van der Waals surface area contributed by atoms with Crippen molar-refractivity contribution in [3.05, 3.63) is 94.8 Å². The highest BCUT2D eigenvalue weighted by Gasteiger charge is 2.33. The van der Waals surface area contributed by atoms with Crippen LogP contribution in [0.1, 0.15) is 38.7 Å². The number of nitrogens with zero attached hydrogens (tertiary/aromatic N) is 2. The van der Waals surface area contributed by atoms with Gasteiger partial charge in [0.05, 0.1) is 18.7 Å². The molecular weight excluding hydrogens is 336 g/mol. The number of ether oxygens (including phenoxy) is 1. The fraction of sp³-hybridized carbons (Fsp3) is 0.217. The fourth-order valence-corrected chi connectivity index (χ4v) is 3.85. The number of carbonyl (C=O) groups is 1. The van der Waals surface area contributed by atoms with Gasteiger partial charge in [0.2, 0.25) is 0 Å². The Balaban J connectivity index is 1.82. The average molecular weight is 358 g/mol. The van der Waals surface area contributed by atoms with Gasteiger partial charge in [0.1, 0.15) is 5.75 Å². The van der Waals surface area contributed by atoms with Crippen LogP contribution in [0, 0.1) is 6.92 Å². The van der Waals surface area contributed by atoms with E-state index in [0.29, 0.717) is 17.9 Å². The third-order valence-electron chi connectivity index (χ3n) is 5.13. The molecule has 0 radical (unpaired) electrons. The van der Waals surface area contributed by atoms with Gasteiger partial charge in [-0.3, -0.25) is 9.78 Å². The summed E-state index contributed by atoms with van der Waals surface area (Å²) in [6, 6.07) is 17.7. The molecule has 1 aromatic heterocycles. The minimum Gasteiger partial charge on any atom is -0.496 e. The van der Waals surface area contributed by atoms with Crippen LogP contribution in [0.15, 0.2) is 67.0 Å².